The van der Waals surface area contributed by atoms with Crippen LogP contribution in [0.1, 0.15) is 24.8 Å². The SMILES string of the molecule is CNC(Cc1cc(OC)ccc1Br)C1CCCCS1. The molecule has 1 fully saturated rings. The summed E-state index contributed by atoms with van der Waals surface area (Å²) in [4.78, 5) is 0. The zero-order valence-electron chi connectivity index (χ0n) is 11.6. The molecule has 0 aromatic heterocycles. The highest BCUT2D eigenvalue weighted by Gasteiger charge is 2.23. The van der Waals surface area contributed by atoms with Crippen LogP contribution in [0.4, 0.5) is 0 Å². The van der Waals surface area contributed by atoms with E-state index in [1.165, 1.54) is 35.1 Å². The topological polar surface area (TPSA) is 21.3 Å². The number of nitrogens with one attached hydrogen (secondary N) is 1. The molecular formula is C15H22BrNOS. The monoisotopic (exact) mass is 343 g/mol. The second kappa shape index (κ2) is 7.55. The molecule has 1 heterocycles. The second-order valence-corrected chi connectivity index (χ2v) is 7.16. The first kappa shape index (κ1) is 15.2. The van der Waals surface area contributed by atoms with Gasteiger partial charge in [0.05, 0.1) is 7.11 Å². The van der Waals surface area contributed by atoms with Gasteiger partial charge in [0.15, 0.2) is 0 Å². The third-order valence-corrected chi connectivity index (χ3v) is 6.02. The molecule has 19 heavy (non-hydrogen) atoms. The number of hydrogen-bond donors (Lipinski definition) is 1. The number of likely N-dealkylation sites (N-methyl/N-ethyl adjacent to an activating group) is 1. The zero-order chi connectivity index (χ0) is 13.7. The molecule has 0 bridgehead atoms. The highest BCUT2D eigenvalue weighted by atomic mass is 79.9. The van der Waals surface area contributed by atoms with Crippen LogP contribution in [0, 0.1) is 0 Å². The highest BCUT2D eigenvalue weighted by molar-refractivity contribution is 9.10. The smallest absolute Gasteiger partial charge is 0.119 e. The van der Waals surface area contributed by atoms with Crippen molar-refractivity contribution in [1.29, 1.82) is 0 Å². The Morgan fingerprint density at radius 3 is 2.95 bits per heavy atom. The molecule has 0 spiro atoms. The van der Waals surface area contributed by atoms with Gasteiger partial charge in [0.2, 0.25) is 0 Å². The van der Waals surface area contributed by atoms with Gasteiger partial charge in [0, 0.05) is 15.8 Å². The van der Waals surface area contributed by atoms with Crippen molar-refractivity contribution in [2.75, 3.05) is 19.9 Å². The van der Waals surface area contributed by atoms with E-state index in [1.54, 1.807) is 7.11 Å². The van der Waals surface area contributed by atoms with Gasteiger partial charge in [0.1, 0.15) is 5.75 Å². The predicted molar refractivity (Wildman–Crippen MR) is 87.3 cm³/mol. The van der Waals surface area contributed by atoms with E-state index in [4.69, 9.17) is 4.74 Å². The van der Waals surface area contributed by atoms with Crippen LogP contribution < -0.4 is 10.1 Å². The van der Waals surface area contributed by atoms with Gasteiger partial charge >= 0.3 is 0 Å². The van der Waals surface area contributed by atoms with Crippen LogP contribution in [0.5, 0.6) is 5.75 Å². The van der Waals surface area contributed by atoms with Gasteiger partial charge in [-0.15, -0.1) is 0 Å². The van der Waals surface area contributed by atoms with E-state index < -0.39 is 0 Å². The standard InChI is InChI=1S/C15H22BrNOS/c1-17-14(15-5-3-4-8-19-15)10-11-9-12(18-2)6-7-13(11)16/h6-7,9,14-15,17H,3-5,8,10H2,1-2H3. The van der Waals surface area contributed by atoms with Gasteiger partial charge in [-0.25, -0.2) is 0 Å². The molecule has 2 unspecified atom stereocenters. The van der Waals surface area contributed by atoms with Crippen LogP contribution in [-0.4, -0.2) is 31.2 Å². The minimum Gasteiger partial charge on any atom is -0.497 e. The molecule has 0 amide bonds. The van der Waals surface area contributed by atoms with Gasteiger partial charge in [-0.3, -0.25) is 0 Å². The van der Waals surface area contributed by atoms with Crippen molar-refractivity contribution in [3.05, 3.63) is 28.2 Å². The molecule has 1 aromatic carbocycles. The maximum atomic E-state index is 5.32. The van der Waals surface area contributed by atoms with Gasteiger partial charge in [-0.05, 0) is 55.8 Å². The van der Waals surface area contributed by atoms with Crippen molar-refractivity contribution in [3.63, 3.8) is 0 Å². The lowest BCUT2D eigenvalue weighted by atomic mass is 9.99. The maximum absolute atomic E-state index is 5.32. The summed E-state index contributed by atoms with van der Waals surface area (Å²) in [5.41, 5.74) is 1.32. The van der Waals surface area contributed by atoms with Crippen LogP contribution in [-0.2, 0) is 6.42 Å². The number of hydrogen-bond acceptors (Lipinski definition) is 3. The van der Waals surface area contributed by atoms with E-state index in [1.807, 2.05) is 6.07 Å². The van der Waals surface area contributed by atoms with Crippen molar-refractivity contribution in [2.24, 2.45) is 0 Å². The van der Waals surface area contributed by atoms with E-state index in [0.29, 0.717) is 6.04 Å². The van der Waals surface area contributed by atoms with Crippen molar-refractivity contribution < 1.29 is 4.74 Å². The molecule has 106 valence electrons. The van der Waals surface area contributed by atoms with E-state index in [-0.39, 0.29) is 0 Å². The molecule has 4 heteroatoms. The molecular weight excluding hydrogens is 322 g/mol. The van der Waals surface area contributed by atoms with Crippen molar-refractivity contribution in [2.45, 2.75) is 37.0 Å². The summed E-state index contributed by atoms with van der Waals surface area (Å²) in [6.07, 6.45) is 5.12. The fourth-order valence-corrected chi connectivity index (χ4v) is 4.45. The Morgan fingerprint density at radius 2 is 2.32 bits per heavy atom. The Hall–Kier alpha value is -0.190. The third kappa shape index (κ3) is 4.14. The van der Waals surface area contributed by atoms with Crippen molar-refractivity contribution in [1.82, 2.24) is 5.32 Å². The highest BCUT2D eigenvalue weighted by Crippen LogP contribution is 2.31. The molecule has 2 nitrogen and oxygen atoms in total. The largest absolute Gasteiger partial charge is 0.497 e. The molecule has 0 radical (unpaired) electrons. The molecule has 1 saturated heterocycles. The normalized spacial score (nSPS) is 21.1. The fourth-order valence-electron chi connectivity index (χ4n) is 2.57. The third-order valence-electron chi connectivity index (χ3n) is 3.73. The average molecular weight is 344 g/mol. The molecule has 1 aliphatic rings. The summed E-state index contributed by atoms with van der Waals surface area (Å²) in [6, 6.07) is 6.75. The second-order valence-electron chi connectivity index (χ2n) is 4.96. The Morgan fingerprint density at radius 1 is 1.47 bits per heavy atom. The summed E-state index contributed by atoms with van der Waals surface area (Å²) in [7, 11) is 3.80. The summed E-state index contributed by atoms with van der Waals surface area (Å²) >= 11 is 5.77. The first-order chi connectivity index (χ1) is 9.24. The van der Waals surface area contributed by atoms with Gasteiger partial charge in [-0.2, -0.15) is 11.8 Å². The zero-order valence-corrected chi connectivity index (χ0v) is 14.0. The Kier molecular flexibility index (Phi) is 6.05. The first-order valence-corrected chi connectivity index (χ1v) is 8.70. The van der Waals surface area contributed by atoms with Gasteiger partial charge in [0.25, 0.3) is 0 Å². The van der Waals surface area contributed by atoms with E-state index >= 15 is 0 Å². The van der Waals surface area contributed by atoms with Gasteiger partial charge in [-0.1, -0.05) is 22.4 Å². The van der Waals surface area contributed by atoms with E-state index in [2.05, 4.69) is 52.2 Å². The molecule has 1 aliphatic heterocycles. The number of thioether (sulfide) groups is 1. The Bertz CT molecular complexity index is 407. The number of rotatable bonds is 5. The van der Waals surface area contributed by atoms with Crippen LogP contribution in [0.3, 0.4) is 0 Å². The lowest BCUT2D eigenvalue weighted by Gasteiger charge is -2.30. The molecule has 1 N–H and O–H groups in total. The summed E-state index contributed by atoms with van der Waals surface area (Å²) in [5.74, 6) is 2.24. The predicted octanol–water partition coefficient (Wildman–Crippen LogP) is 3.87. The minimum absolute atomic E-state index is 0.536. The van der Waals surface area contributed by atoms with Crippen molar-refractivity contribution in [3.8, 4) is 5.75 Å². The number of methoxy groups -OCH3 is 1. The first-order valence-electron chi connectivity index (χ1n) is 6.86. The molecule has 1 aromatic rings. The van der Waals surface area contributed by atoms with Crippen LogP contribution in [0.15, 0.2) is 22.7 Å². The van der Waals surface area contributed by atoms with Gasteiger partial charge < -0.3 is 10.1 Å². The number of ether oxygens (including phenoxy) is 1. The quantitative estimate of drug-likeness (QED) is 0.876. The van der Waals surface area contributed by atoms with E-state index in [0.717, 1.165) is 17.4 Å². The molecule has 0 aliphatic carbocycles. The lowest BCUT2D eigenvalue weighted by molar-refractivity contribution is 0.413. The van der Waals surface area contributed by atoms with Crippen LogP contribution >= 0.6 is 27.7 Å². The number of benzene rings is 1. The van der Waals surface area contributed by atoms with Crippen LogP contribution in [0.25, 0.3) is 0 Å². The average Bonchev–Trinajstić information content (AvgIpc) is 2.47. The lowest BCUT2D eigenvalue weighted by Crippen LogP contribution is -2.39. The molecule has 2 atom stereocenters. The number of halogens is 1. The minimum atomic E-state index is 0.536. The summed E-state index contributed by atoms with van der Waals surface area (Å²) in [6.45, 7) is 0. The Balaban J connectivity index is 2.08. The molecule has 0 saturated carbocycles. The fraction of sp³-hybridized carbons (Fsp3) is 0.600. The Labute approximate surface area is 128 Å². The summed E-state index contributed by atoms with van der Waals surface area (Å²) < 4.78 is 6.50. The van der Waals surface area contributed by atoms with E-state index in [9.17, 15) is 0 Å². The van der Waals surface area contributed by atoms with Crippen LogP contribution in [0.2, 0.25) is 0 Å². The molecule has 2 rings (SSSR count). The summed E-state index contributed by atoms with van der Waals surface area (Å²) in [5, 5.41) is 4.24. The van der Waals surface area contributed by atoms with Crippen molar-refractivity contribution >= 4 is 27.7 Å². The maximum Gasteiger partial charge on any atom is 0.119 e.